The maximum atomic E-state index is 4.31. The molecule has 0 heterocycles. The SMILES string of the molecule is CCCCSCC(CC)CS. The van der Waals surface area contributed by atoms with Gasteiger partial charge in [0.1, 0.15) is 0 Å². The van der Waals surface area contributed by atoms with Crippen LogP contribution in [0.5, 0.6) is 0 Å². The summed E-state index contributed by atoms with van der Waals surface area (Å²) in [4.78, 5) is 0. The first kappa shape index (κ1) is 11.7. The molecule has 68 valence electrons. The molecule has 0 aromatic heterocycles. The molecule has 11 heavy (non-hydrogen) atoms. The van der Waals surface area contributed by atoms with E-state index in [1.165, 1.54) is 30.8 Å². The average Bonchev–Trinajstić information content (AvgIpc) is 2.05. The zero-order chi connectivity index (χ0) is 8.53. The van der Waals surface area contributed by atoms with Gasteiger partial charge in [-0.1, -0.05) is 26.7 Å². The molecular weight excluding hydrogens is 172 g/mol. The molecule has 0 fully saturated rings. The summed E-state index contributed by atoms with van der Waals surface area (Å²) in [5.74, 6) is 4.52. The van der Waals surface area contributed by atoms with Gasteiger partial charge in [0.2, 0.25) is 0 Å². The van der Waals surface area contributed by atoms with Gasteiger partial charge in [-0.2, -0.15) is 24.4 Å². The van der Waals surface area contributed by atoms with Gasteiger partial charge in [0.15, 0.2) is 0 Å². The molecule has 0 spiro atoms. The van der Waals surface area contributed by atoms with Crippen molar-refractivity contribution in [1.82, 2.24) is 0 Å². The Labute approximate surface area is 80.9 Å². The molecule has 0 aliphatic carbocycles. The molecule has 0 aliphatic heterocycles. The lowest BCUT2D eigenvalue weighted by molar-refractivity contribution is 0.649. The van der Waals surface area contributed by atoms with E-state index >= 15 is 0 Å². The third-order valence-electron chi connectivity index (χ3n) is 1.83. The van der Waals surface area contributed by atoms with Crippen LogP contribution in [0.4, 0.5) is 0 Å². The molecule has 0 amide bonds. The standard InChI is InChI=1S/C9H20S2/c1-3-5-6-11-8-9(4-2)7-10/h9-10H,3-8H2,1-2H3. The van der Waals surface area contributed by atoms with Crippen LogP contribution in [0, 0.1) is 5.92 Å². The van der Waals surface area contributed by atoms with Crippen LogP contribution < -0.4 is 0 Å². The first-order valence-corrected chi connectivity index (χ1v) is 6.32. The lowest BCUT2D eigenvalue weighted by Gasteiger charge is -2.09. The lowest BCUT2D eigenvalue weighted by atomic mass is 10.2. The van der Waals surface area contributed by atoms with Crippen LogP contribution in [0.1, 0.15) is 33.1 Å². The average molecular weight is 192 g/mol. The van der Waals surface area contributed by atoms with E-state index in [-0.39, 0.29) is 0 Å². The molecule has 2 heteroatoms. The molecular formula is C9H20S2. The topological polar surface area (TPSA) is 0 Å². The molecule has 0 saturated carbocycles. The second-order valence-corrected chi connectivity index (χ2v) is 4.40. The Hall–Kier alpha value is 0.700. The predicted octanol–water partition coefficient (Wildman–Crippen LogP) is 3.48. The zero-order valence-electron chi connectivity index (χ0n) is 7.68. The van der Waals surface area contributed by atoms with Crippen molar-refractivity contribution in [2.24, 2.45) is 5.92 Å². The van der Waals surface area contributed by atoms with E-state index in [0.717, 1.165) is 11.7 Å². The Kier molecular flexibility index (Phi) is 9.35. The highest BCUT2D eigenvalue weighted by Crippen LogP contribution is 2.14. The van der Waals surface area contributed by atoms with Crippen LogP contribution in [0.15, 0.2) is 0 Å². The fourth-order valence-corrected chi connectivity index (χ4v) is 2.70. The summed E-state index contributed by atoms with van der Waals surface area (Å²) in [6.07, 6.45) is 3.97. The second-order valence-electron chi connectivity index (χ2n) is 2.89. The molecule has 0 aromatic carbocycles. The van der Waals surface area contributed by atoms with Crippen LogP contribution in [-0.2, 0) is 0 Å². The van der Waals surface area contributed by atoms with Crippen LogP contribution in [0.25, 0.3) is 0 Å². The highest BCUT2D eigenvalue weighted by Gasteiger charge is 2.02. The van der Waals surface area contributed by atoms with Gasteiger partial charge in [0.05, 0.1) is 0 Å². The van der Waals surface area contributed by atoms with Crippen LogP contribution in [-0.4, -0.2) is 17.3 Å². The molecule has 1 unspecified atom stereocenters. The Bertz CT molecular complexity index is 70.0. The minimum Gasteiger partial charge on any atom is -0.179 e. The minimum atomic E-state index is 0.834. The van der Waals surface area contributed by atoms with Crippen molar-refractivity contribution >= 4 is 24.4 Å². The third-order valence-corrected chi connectivity index (χ3v) is 3.63. The molecule has 0 aromatic rings. The van der Waals surface area contributed by atoms with E-state index in [2.05, 4.69) is 38.2 Å². The van der Waals surface area contributed by atoms with E-state index in [9.17, 15) is 0 Å². The van der Waals surface area contributed by atoms with Gasteiger partial charge in [-0.15, -0.1) is 0 Å². The quantitative estimate of drug-likeness (QED) is 0.476. The number of hydrogen-bond donors (Lipinski definition) is 1. The van der Waals surface area contributed by atoms with Gasteiger partial charge in [0.25, 0.3) is 0 Å². The number of rotatable bonds is 7. The van der Waals surface area contributed by atoms with Gasteiger partial charge in [-0.3, -0.25) is 0 Å². The number of hydrogen-bond acceptors (Lipinski definition) is 2. The van der Waals surface area contributed by atoms with E-state index in [1.54, 1.807) is 0 Å². The first-order valence-electron chi connectivity index (χ1n) is 4.53. The van der Waals surface area contributed by atoms with Crippen molar-refractivity contribution in [3.63, 3.8) is 0 Å². The molecule has 0 saturated heterocycles. The molecule has 0 N–H and O–H groups in total. The summed E-state index contributed by atoms with van der Waals surface area (Å²) in [5, 5.41) is 0. The summed E-state index contributed by atoms with van der Waals surface area (Å²) >= 11 is 6.39. The van der Waals surface area contributed by atoms with Gasteiger partial charge < -0.3 is 0 Å². The Morgan fingerprint density at radius 1 is 1.36 bits per heavy atom. The van der Waals surface area contributed by atoms with Crippen LogP contribution >= 0.6 is 24.4 Å². The van der Waals surface area contributed by atoms with Gasteiger partial charge in [-0.25, -0.2) is 0 Å². The van der Waals surface area contributed by atoms with E-state index in [4.69, 9.17) is 0 Å². The second kappa shape index (κ2) is 8.79. The lowest BCUT2D eigenvalue weighted by Crippen LogP contribution is -2.04. The molecule has 0 radical (unpaired) electrons. The predicted molar refractivity (Wildman–Crippen MR) is 59.9 cm³/mol. The highest BCUT2D eigenvalue weighted by atomic mass is 32.2. The minimum absolute atomic E-state index is 0.834. The maximum Gasteiger partial charge on any atom is -0.00314 e. The van der Waals surface area contributed by atoms with Gasteiger partial charge in [0, 0.05) is 0 Å². The molecule has 0 bridgehead atoms. The first-order chi connectivity index (χ1) is 5.35. The Morgan fingerprint density at radius 3 is 2.55 bits per heavy atom. The summed E-state index contributed by atoms with van der Waals surface area (Å²) in [6, 6.07) is 0. The molecule has 0 aliphatic rings. The number of thiol groups is 1. The van der Waals surface area contributed by atoms with E-state index in [1.807, 2.05) is 0 Å². The van der Waals surface area contributed by atoms with E-state index in [0.29, 0.717) is 0 Å². The summed E-state index contributed by atoms with van der Waals surface area (Å²) < 4.78 is 0. The summed E-state index contributed by atoms with van der Waals surface area (Å²) in [5.41, 5.74) is 0. The van der Waals surface area contributed by atoms with Gasteiger partial charge in [-0.05, 0) is 29.6 Å². The Balaban J connectivity index is 3.07. The van der Waals surface area contributed by atoms with Crippen LogP contribution in [0.2, 0.25) is 0 Å². The van der Waals surface area contributed by atoms with Crippen molar-refractivity contribution in [2.45, 2.75) is 33.1 Å². The van der Waals surface area contributed by atoms with Crippen molar-refractivity contribution in [3.8, 4) is 0 Å². The molecule has 0 rings (SSSR count). The molecule has 1 atom stereocenters. The van der Waals surface area contributed by atoms with Crippen molar-refractivity contribution in [2.75, 3.05) is 17.3 Å². The zero-order valence-corrected chi connectivity index (χ0v) is 9.39. The smallest absolute Gasteiger partial charge is 0.00314 e. The normalized spacial score (nSPS) is 13.4. The molecule has 0 nitrogen and oxygen atoms in total. The van der Waals surface area contributed by atoms with Crippen molar-refractivity contribution in [3.05, 3.63) is 0 Å². The summed E-state index contributed by atoms with van der Waals surface area (Å²) in [6.45, 7) is 4.50. The largest absolute Gasteiger partial charge is 0.179 e. The fraction of sp³-hybridized carbons (Fsp3) is 1.00. The number of thioether (sulfide) groups is 1. The highest BCUT2D eigenvalue weighted by molar-refractivity contribution is 7.99. The third kappa shape index (κ3) is 7.07. The maximum absolute atomic E-state index is 4.31. The fourth-order valence-electron chi connectivity index (χ4n) is 0.796. The van der Waals surface area contributed by atoms with E-state index < -0.39 is 0 Å². The van der Waals surface area contributed by atoms with Crippen LogP contribution in [0.3, 0.4) is 0 Å². The number of unbranched alkanes of at least 4 members (excludes halogenated alkanes) is 1. The monoisotopic (exact) mass is 192 g/mol. The summed E-state index contributed by atoms with van der Waals surface area (Å²) in [7, 11) is 0. The van der Waals surface area contributed by atoms with Gasteiger partial charge >= 0.3 is 0 Å². The van der Waals surface area contributed by atoms with Crippen molar-refractivity contribution < 1.29 is 0 Å². The Morgan fingerprint density at radius 2 is 2.09 bits per heavy atom. The van der Waals surface area contributed by atoms with Crippen molar-refractivity contribution in [1.29, 1.82) is 0 Å².